The van der Waals surface area contributed by atoms with E-state index in [0.29, 0.717) is 10.8 Å². The molecule has 1 aromatic rings. The molecule has 0 atom stereocenters. The van der Waals surface area contributed by atoms with Crippen LogP contribution in [0.1, 0.15) is 0 Å². The van der Waals surface area contributed by atoms with Gasteiger partial charge in [0.25, 0.3) is 5.91 Å². The smallest absolute Gasteiger partial charge is 0.258 e. The molecule has 6 heteroatoms. The summed E-state index contributed by atoms with van der Waals surface area (Å²) in [6.45, 7) is -0.780. The van der Waals surface area contributed by atoms with Crippen LogP contribution >= 0.6 is 11.6 Å². The Labute approximate surface area is 97.0 Å². The van der Waals surface area contributed by atoms with E-state index in [4.69, 9.17) is 16.3 Å². The summed E-state index contributed by atoms with van der Waals surface area (Å²) < 4.78 is 5.07. The Morgan fingerprint density at radius 3 is 2.50 bits per heavy atom. The fraction of sp³-hybridized carbons (Fsp3) is 0.200. The van der Waals surface area contributed by atoms with Crippen molar-refractivity contribution in [3.05, 3.63) is 29.3 Å². The molecule has 0 heterocycles. The van der Waals surface area contributed by atoms with E-state index in [0.717, 1.165) is 0 Å². The van der Waals surface area contributed by atoms with Crippen molar-refractivity contribution in [3.8, 4) is 5.75 Å². The number of carbonyl (C=O) groups excluding carboxylic acids is 2. The van der Waals surface area contributed by atoms with Crippen molar-refractivity contribution < 1.29 is 19.4 Å². The number of amides is 1. The lowest BCUT2D eigenvalue weighted by Gasteiger charge is -2.07. The molecule has 86 valence electrons. The molecule has 0 aliphatic rings. The SMILES string of the molecule is O=C([O-])CNC(=O)COc1ccc(Cl)cc1. The third-order valence-electron chi connectivity index (χ3n) is 1.61. The molecule has 0 bridgehead atoms. The molecule has 0 radical (unpaired) electrons. The molecular formula is C10H9ClNO4-. The van der Waals surface area contributed by atoms with E-state index < -0.39 is 18.4 Å². The number of benzene rings is 1. The Morgan fingerprint density at radius 1 is 1.31 bits per heavy atom. The molecule has 0 fully saturated rings. The number of rotatable bonds is 5. The van der Waals surface area contributed by atoms with Crippen molar-refractivity contribution in [2.75, 3.05) is 13.2 Å². The molecule has 1 N–H and O–H groups in total. The Kier molecular flexibility index (Phi) is 4.60. The van der Waals surface area contributed by atoms with Gasteiger partial charge in [0, 0.05) is 5.02 Å². The minimum atomic E-state index is -1.35. The largest absolute Gasteiger partial charge is 0.548 e. The van der Waals surface area contributed by atoms with Crippen molar-refractivity contribution in [2.45, 2.75) is 0 Å². The average molecular weight is 243 g/mol. The van der Waals surface area contributed by atoms with Crippen LogP contribution in [0.3, 0.4) is 0 Å². The van der Waals surface area contributed by atoms with Crippen molar-refractivity contribution in [1.29, 1.82) is 0 Å². The van der Waals surface area contributed by atoms with Crippen LogP contribution in [-0.4, -0.2) is 25.0 Å². The van der Waals surface area contributed by atoms with Crippen LogP contribution in [0.4, 0.5) is 0 Å². The van der Waals surface area contributed by atoms with Gasteiger partial charge in [0.05, 0.1) is 12.5 Å². The maximum Gasteiger partial charge on any atom is 0.258 e. The zero-order chi connectivity index (χ0) is 12.0. The van der Waals surface area contributed by atoms with Gasteiger partial charge in [-0.1, -0.05) is 11.6 Å². The van der Waals surface area contributed by atoms with Crippen molar-refractivity contribution >= 4 is 23.5 Å². The number of aliphatic carboxylic acids is 1. The first-order chi connectivity index (χ1) is 7.58. The highest BCUT2D eigenvalue weighted by molar-refractivity contribution is 6.30. The molecule has 5 nitrogen and oxygen atoms in total. The predicted molar refractivity (Wildman–Crippen MR) is 55.0 cm³/mol. The van der Waals surface area contributed by atoms with Crippen LogP contribution < -0.4 is 15.2 Å². The number of carboxylic acids is 1. The van der Waals surface area contributed by atoms with Gasteiger partial charge < -0.3 is 20.0 Å². The molecule has 16 heavy (non-hydrogen) atoms. The number of ether oxygens (including phenoxy) is 1. The fourth-order valence-electron chi connectivity index (χ4n) is 0.901. The third-order valence-corrected chi connectivity index (χ3v) is 1.87. The highest BCUT2D eigenvalue weighted by Gasteiger charge is 2.01. The molecule has 1 aromatic carbocycles. The second-order valence-corrected chi connectivity index (χ2v) is 3.33. The normalized spacial score (nSPS) is 9.56. The van der Waals surface area contributed by atoms with Crippen molar-refractivity contribution in [2.24, 2.45) is 0 Å². The molecule has 0 saturated heterocycles. The monoisotopic (exact) mass is 242 g/mol. The lowest BCUT2D eigenvalue weighted by Crippen LogP contribution is -2.39. The lowest BCUT2D eigenvalue weighted by molar-refractivity contribution is -0.304. The standard InChI is InChI=1S/C10H10ClNO4/c11-7-1-3-8(4-2-7)16-6-9(13)12-5-10(14)15/h1-4H,5-6H2,(H,12,13)(H,14,15)/p-1. The summed E-state index contributed by atoms with van der Waals surface area (Å²) in [5, 5.41) is 12.7. The number of hydrogen-bond donors (Lipinski definition) is 1. The molecule has 0 aliphatic carbocycles. The van der Waals surface area contributed by atoms with E-state index in [2.05, 4.69) is 5.32 Å². The predicted octanol–water partition coefficient (Wildman–Crippen LogP) is -0.415. The van der Waals surface area contributed by atoms with Gasteiger partial charge in [-0.2, -0.15) is 0 Å². The van der Waals surface area contributed by atoms with Gasteiger partial charge in [-0.25, -0.2) is 0 Å². The molecule has 0 aromatic heterocycles. The van der Waals surface area contributed by atoms with Gasteiger partial charge in [0.15, 0.2) is 6.61 Å². The van der Waals surface area contributed by atoms with Gasteiger partial charge in [-0.3, -0.25) is 4.79 Å². The Hall–Kier alpha value is -1.75. The van der Waals surface area contributed by atoms with Gasteiger partial charge >= 0.3 is 0 Å². The van der Waals surface area contributed by atoms with Crippen LogP contribution in [0.25, 0.3) is 0 Å². The summed E-state index contributed by atoms with van der Waals surface area (Å²) >= 11 is 5.65. The Balaban J connectivity index is 2.31. The highest BCUT2D eigenvalue weighted by Crippen LogP contribution is 2.15. The van der Waals surface area contributed by atoms with Crippen molar-refractivity contribution in [1.82, 2.24) is 5.32 Å². The first-order valence-corrected chi connectivity index (χ1v) is 4.80. The van der Waals surface area contributed by atoms with E-state index in [-0.39, 0.29) is 6.61 Å². The van der Waals surface area contributed by atoms with Crippen LogP contribution in [0.5, 0.6) is 5.75 Å². The number of hydrogen-bond acceptors (Lipinski definition) is 4. The summed E-state index contributed by atoms with van der Waals surface area (Å²) in [7, 11) is 0. The molecule has 1 amide bonds. The maximum absolute atomic E-state index is 11.0. The molecule has 0 unspecified atom stereocenters. The van der Waals surface area contributed by atoms with Crippen LogP contribution in [0.15, 0.2) is 24.3 Å². The Bertz CT molecular complexity index is 377. The summed E-state index contributed by atoms with van der Waals surface area (Å²) in [4.78, 5) is 21.1. The van der Waals surface area contributed by atoms with E-state index >= 15 is 0 Å². The number of nitrogens with one attached hydrogen (secondary N) is 1. The number of carboxylic acid groups (broad SMARTS) is 1. The number of halogens is 1. The van der Waals surface area contributed by atoms with Gasteiger partial charge in [-0.05, 0) is 24.3 Å². The van der Waals surface area contributed by atoms with Crippen molar-refractivity contribution in [3.63, 3.8) is 0 Å². The molecule has 1 rings (SSSR count). The van der Waals surface area contributed by atoms with E-state index in [1.807, 2.05) is 0 Å². The zero-order valence-corrected chi connectivity index (χ0v) is 8.99. The topological polar surface area (TPSA) is 78.5 Å². The van der Waals surface area contributed by atoms with Crippen LogP contribution in [-0.2, 0) is 9.59 Å². The molecule has 0 saturated carbocycles. The average Bonchev–Trinajstić information content (AvgIpc) is 2.25. The first kappa shape index (κ1) is 12.3. The summed E-state index contributed by atoms with van der Waals surface area (Å²) in [6.07, 6.45) is 0. The van der Waals surface area contributed by atoms with Gasteiger partial charge in [0.1, 0.15) is 5.75 Å². The lowest BCUT2D eigenvalue weighted by atomic mass is 10.3. The maximum atomic E-state index is 11.0. The van der Waals surface area contributed by atoms with E-state index in [1.54, 1.807) is 24.3 Å². The highest BCUT2D eigenvalue weighted by atomic mass is 35.5. The second-order valence-electron chi connectivity index (χ2n) is 2.89. The number of carbonyl (C=O) groups is 2. The summed E-state index contributed by atoms with van der Waals surface area (Å²) in [5.74, 6) is -1.40. The van der Waals surface area contributed by atoms with Crippen LogP contribution in [0, 0.1) is 0 Å². The summed E-state index contributed by atoms with van der Waals surface area (Å²) in [6, 6.07) is 6.45. The Morgan fingerprint density at radius 2 is 1.94 bits per heavy atom. The molecule has 0 aliphatic heterocycles. The summed E-state index contributed by atoms with van der Waals surface area (Å²) in [5.41, 5.74) is 0. The molecular weight excluding hydrogens is 234 g/mol. The van der Waals surface area contributed by atoms with E-state index in [1.165, 1.54) is 0 Å². The first-order valence-electron chi connectivity index (χ1n) is 4.43. The zero-order valence-electron chi connectivity index (χ0n) is 8.23. The quantitative estimate of drug-likeness (QED) is 0.761. The minimum absolute atomic E-state index is 0.255. The van der Waals surface area contributed by atoms with Crippen LogP contribution in [0.2, 0.25) is 5.02 Å². The van der Waals surface area contributed by atoms with E-state index in [9.17, 15) is 14.7 Å². The third kappa shape index (κ3) is 4.65. The van der Waals surface area contributed by atoms with Gasteiger partial charge in [0.2, 0.25) is 0 Å². The fourth-order valence-corrected chi connectivity index (χ4v) is 1.03. The minimum Gasteiger partial charge on any atom is -0.548 e. The second kappa shape index (κ2) is 5.97. The van der Waals surface area contributed by atoms with Gasteiger partial charge in [-0.15, -0.1) is 0 Å². The molecule has 0 spiro atoms.